The number of carbonyl (C=O) groups is 1. The summed E-state index contributed by atoms with van der Waals surface area (Å²) in [5, 5.41) is 12.2. The Morgan fingerprint density at radius 2 is 1.71 bits per heavy atom. The van der Waals surface area contributed by atoms with E-state index in [-0.39, 0.29) is 11.7 Å². The molecule has 0 radical (unpaired) electrons. The zero-order valence-corrected chi connectivity index (χ0v) is 17.6. The number of nitrogens with one attached hydrogen (secondary N) is 1. The number of halogens is 1. The standard InChI is InChI=1S/C25H16FN7O/c26-18-6-4-16(5-7-18)24-23(20-3-1-2-14-32(20)31-24)19-8-9-22-28-21(15-33(22)30-19)29-25(34)17-10-12-27-13-11-17/h1-15H,(H,29,34). The first-order valence-electron chi connectivity index (χ1n) is 10.5. The van der Waals surface area contributed by atoms with Gasteiger partial charge in [0.2, 0.25) is 0 Å². The van der Waals surface area contributed by atoms with Gasteiger partial charge in [-0.15, -0.1) is 0 Å². The molecule has 0 aliphatic rings. The lowest BCUT2D eigenvalue weighted by Crippen LogP contribution is -2.11. The topological polar surface area (TPSA) is 89.5 Å². The van der Waals surface area contributed by atoms with E-state index < -0.39 is 0 Å². The second kappa shape index (κ2) is 7.89. The first kappa shape index (κ1) is 19.7. The molecule has 0 saturated carbocycles. The van der Waals surface area contributed by atoms with Crippen molar-refractivity contribution in [1.29, 1.82) is 0 Å². The van der Waals surface area contributed by atoms with Crippen molar-refractivity contribution in [3.05, 3.63) is 103 Å². The number of aromatic nitrogens is 6. The average Bonchev–Trinajstić information content (AvgIpc) is 3.45. The molecule has 5 heterocycles. The van der Waals surface area contributed by atoms with Crippen molar-refractivity contribution in [3.63, 3.8) is 0 Å². The fraction of sp³-hybridized carbons (Fsp3) is 0. The maximum Gasteiger partial charge on any atom is 0.256 e. The first-order chi connectivity index (χ1) is 16.7. The monoisotopic (exact) mass is 449 g/mol. The third-order valence-electron chi connectivity index (χ3n) is 5.42. The van der Waals surface area contributed by atoms with Gasteiger partial charge in [-0.1, -0.05) is 6.07 Å². The van der Waals surface area contributed by atoms with Gasteiger partial charge in [-0.05, 0) is 60.7 Å². The summed E-state index contributed by atoms with van der Waals surface area (Å²) in [6.45, 7) is 0. The van der Waals surface area contributed by atoms with Crippen LogP contribution in [0.5, 0.6) is 0 Å². The Hall–Kier alpha value is -4.92. The number of pyridine rings is 2. The van der Waals surface area contributed by atoms with E-state index in [2.05, 4.69) is 15.3 Å². The summed E-state index contributed by atoms with van der Waals surface area (Å²) < 4.78 is 16.9. The highest BCUT2D eigenvalue weighted by Gasteiger charge is 2.18. The van der Waals surface area contributed by atoms with Crippen LogP contribution in [-0.4, -0.2) is 35.1 Å². The second-order valence-corrected chi connectivity index (χ2v) is 7.60. The van der Waals surface area contributed by atoms with Gasteiger partial charge in [-0.2, -0.15) is 10.2 Å². The summed E-state index contributed by atoms with van der Waals surface area (Å²) in [6.07, 6.45) is 6.62. The van der Waals surface area contributed by atoms with E-state index in [0.29, 0.717) is 28.4 Å². The van der Waals surface area contributed by atoms with E-state index in [9.17, 15) is 9.18 Å². The number of rotatable bonds is 4. The van der Waals surface area contributed by atoms with Crippen molar-refractivity contribution in [2.75, 3.05) is 5.32 Å². The molecule has 9 heteroatoms. The SMILES string of the molecule is O=C(Nc1cn2nc(-c3c(-c4ccc(F)cc4)nn4ccccc34)ccc2n1)c1ccncc1. The summed E-state index contributed by atoms with van der Waals surface area (Å²) >= 11 is 0. The summed E-state index contributed by atoms with van der Waals surface area (Å²) in [6, 6.07) is 18.9. The summed E-state index contributed by atoms with van der Waals surface area (Å²) in [5.41, 5.74) is 4.86. The molecule has 1 amide bonds. The smallest absolute Gasteiger partial charge is 0.256 e. The van der Waals surface area contributed by atoms with E-state index in [4.69, 9.17) is 10.2 Å². The number of anilines is 1. The summed E-state index contributed by atoms with van der Waals surface area (Å²) in [4.78, 5) is 20.8. The Bertz CT molecular complexity index is 1660. The maximum atomic E-state index is 13.5. The lowest BCUT2D eigenvalue weighted by molar-refractivity contribution is 0.102. The Morgan fingerprint density at radius 3 is 2.53 bits per heavy atom. The molecule has 0 aliphatic carbocycles. The van der Waals surface area contributed by atoms with Crippen LogP contribution in [0.1, 0.15) is 10.4 Å². The van der Waals surface area contributed by atoms with Crippen LogP contribution in [0.2, 0.25) is 0 Å². The van der Waals surface area contributed by atoms with Gasteiger partial charge in [0.1, 0.15) is 11.5 Å². The van der Waals surface area contributed by atoms with Gasteiger partial charge in [0.15, 0.2) is 11.5 Å². The number of fused-ring (bicyclic) bond motifs is 2. The molecule has 6 aromatic rings. The minimum absolute atomic E-state index is 0.285. The highest BCUT2D eigenvalue weighted by molar-refractivity contribution is 6.03. The van der Waals surface area contributed by atoms with E-state index in [1.165, 1.54) is 12.1 Å². The molecule has 0 fully saturated rings. The molecule has 164 valence electrons. The van der Waals surface area contributed by atoms with Gasteiger partial charge in [-0.3, -0.25) is 9.78 Å². The molecule has 0 aliphatic heterocycles. The number of hydrogen-bond donors (Lipinski definition) is 1. The number of carbonyl (C=O) groups excluding carboxylic acids is 1. The van der Waals surface area contributed by atoms with Crippen molar-refractivity contribution >= 4 is 22.9 Å². The van der Waals surface area contributed by atoms with Crippen LogP contribution < -0.4 is 5.32 Å². The van der Waals surface area contributed by atoms with E-state index in [1.54, 1.807) is 51.9 Å². The van der Waals surface area contributed by atoms with Crippen LogP contribution >= 0.6 is 0 Å². The van der Waals surface area contributed by atoms with Crippen molar-refractivity contribution in [1.82, 2.24) is 29.2 Å². The van der Waals surface area contributed by atoms with Crippen molar-refractivity contribution < 1.29 is 9.18 Å². The van der Waals surface area contributed by atoms with Gasteiger partial charge in [0, 0.05) is 29.7 Å². The second-order valence-electron chi connectivity index (χ2n) is 7.60. The van der Waals surface area contributed by atoms with Crippen LogP contribution in [-0.2, 0) is 0 Å². The predicted molar refractivity (Wildman–Crippen MR) is 125 cm³/mol. The van der Waals surface area contributed by atoms with Crippen molar-refractivity contribution in [2.45, 2.75) is 0 Å². The molecule has 34 heavy (non-hydrogen) atoms. The third-order valence-corrected chi connectivity index (χ3v) is 5.42. The molecule has 1 aromatic carbocycles. The van der Waals surface area contributed by atoms with Crippen molar-refractivity contribution in [2.24, 2.45) is 0 Å². The van der Waals surface area contributed by atoms with Crippen molar-refractivity contribution in [3.8, 4) is 22.5 Å². The largest absolute Gasteiger partial charge is 0.305 e. The predicted octanol–water partition coefficient (Wildman–Crippen LogP) is 4.50. The molecule has 0 spiro atoms. The van der Waals surface area contributed by atoms with E-state index in [1.807, 2.05) is 36.5 Å². The zero-order valence-electron chi connectivity index (χ0n) is 17.6. The number of imidazole rings is 1. The summed E-state index contributed by atoms with van der Waals surface area (Å²) in [7, 11) is 0. The van der Waals surface area contributed by atoms with Gasteiger partial charge >= 0.3 is 0 Å². The lowest BCUT2D eigenvalue weighted by atomic mass is 10.0. The highest BCUT2D eigenvalue weighted by Crippen LogP contribution is 2.34. The van der Waals surface area contributed by atoms with Crippen LogP contribution in [0.15, 0.2) is 91.5 Å². The molecule has 1 N–H and O–H groups in total. The van der Waals surface area contributed by atoms with E-state index >= 15 is 0 Å². The van der Waals surface area contributed by atoms with E-state index in [0.717, 1.165) is 16.6 Å². The molecule has 0 saturated heterocycles. The third kappa shape index (κ3) is 3.45. The minimum Gasteiger partial charge on any atom is -0.305 e. The Morgan fingerprint density at radius 1 is 0.882 bits per heavy atom. The maximum absolute atomic E-state index is 13.5. The molecule has 5 aromatic heterocycles. The van der Waals surface area contributed by atoms with Crippen LogP contribution in [0.3, 0.4) is 0 Å². The number of hydrogen-bond acceptors (Lipinski definition) is 5. The molecule has 0 bridgehead atoms. The summed E-state index contributed by atoms with van der Waals surface area (Å²) in [5.74, 6) is -0.217. The average molecular weight is 449 g/mol. The number of benzene rings is 1. The first-order valence-corrected chi connectivity index (χ1v) is 10.5. The normalized spacial score (nSPS) is 11.2. The lowest BCUT2D eigenvalue weighted by Gasteiger charge is -2.04. The van der Waals surface area contributed by atoms with Crippen LogP contribution in [0.4, 0.5) is 10.2 Å². The molecular weight excluding hydrogens is 433 g/mol. The van der Waals surface area contributed by atoms with Gasteiger partial charge in [-0.25, -0.2) is 18.4 Å². The molecule has 0 atom stereocenters. The van der Waals surface area contributed by atoms with Crippen LogP contribution in [0, 0.1) is 5.82 Å². The van der Waals surface area contributed by atoms with Gasteiger partial charge in [0.25, 0.3) is 5.91 Å². The Kier molecular flexibility index (Phi) is 4.58. The minimum atomic E-state index is -0.312. The quantitative estimate of drug-likeness (QED) is 0.428. The Labute approximate surface area is 192 Å². The molecule has 6 rings (SSSR count). The number of amides is 1. The van der Waals surface area contributed by atoms with Gasteiger partial charge in [0.05, 0.1) is 23.0 Å². The van der Waals surface area contributed by atoms with Gasteiger partial charge < -0.3 is 5.32 Å². The zero-order chi connectivity index (χ0) is 23.1. The van der Waals surface area contributed by atoms with Crippen LogP contribution in [0.25, 0.3) is 33.7 Å². The fourth-order valence-corrected chi connectivity index (χ4v) is 3.83. The Balaban J connectivity index is 1.43. The highest BCUT2D eigenvalue weighted by atomic mass is 19.1. The molecule has 0 unspecified atom stereocenters. The molecule has 8 nitrogen and oxygen atoms in total. The number of nitrogens with zero attached hydrogens (tertiary/aromatic N) is 6. The fourth-order valence-electron chi connectivity index (χ4n) is 3.83. The molecular formula is C25H16FN7O.